The summed E-state index contributed by atoms with van der Waals surface area (Å²) < 4.78 is 32.3. The molecule has 11 heteroatoms. The number of fused-ring (bicyclic) bond motifs is 3. The first-order valence-corrected chi connectivity index (χ1v) is 10.7. The number of amides is 1. The number of aromatic nitrogens is 3. The van der Waals surface area contributed by atoms with Gasteiger partial charge in [0.1, 0.15) is 11.9 Å². The summed E-state index contributed by atoms with van der Waals surface area (Å²) in [5.74, 6) is -0.631. The van der Waals surface area contributed by atoms with Gasteiger partial charge in [0.05, 0.1) is 33.7 Å². The molecule has 0 bridgehead atoms. The van der Waals surface area contributed by atoms with Crippen molar-refractivity contribution in [3.63, 3.8) is 0 Å². The summed E-state index contributed by atoms with van der Waals surface area (Å²) in [5.41, 5.74) is 8.47. The van der Waals surface area contributed by atoms with E-state index in [1.54, 1.807) is 47.0 Å². The van der Waals surface area contributed by atoms with Crippen LogP contribution in [0, 0.1) is 0 Å². The van der Waals surface area contributed by atoms with Crippen LogP contribution in [0.2, 0.25) is 5.02 Å². The number of carbonyl (C=O) groups excluding carboxylic acids is 1. The number of primary amides is 1. The standard InChI is InChI=1S/C23H18ClF2N5O3/c24-14-9-11(5-6-12(14)22(27)33)15-7-8-18-29-20-16(32)10-28-19(21(20)31(18)30-15)13-3-1-2-4-17(13)34-23(25)26/h1-9,16,19,23,28,32H,10H2,(H2,27,33)/t16-,19-/m1/s1. The minimum atomic E-state index is -2.99. The van der Waals surface area contributed by atoms with Crippen molar-refractivity contribution in [2.24, 2.45) is 5.73 Å². The molecular formula is C23H18ClF2N5O3. The zero-order valence-corrected chi connectivity index (χ0v) is 18.2. The summed E-state index contributed by atoms with van der Waals surface area (Å²) in [6, 6.07) is 14.0. The van der Waals surface area contributed by atoms with Gasteiger partial charge in [-0.15, -0.1) is 0 Å². The Morgan fingerprint density at radius 3 is 2.76 bits per heavy atom. The predicted molar refractivity (Wildman–Crippen MR) is 120 cm³/mol. The molecule has 0 saturated carbocycles. The van der Waals surface area contributed by atoms with Gasteiger partial charge in [0.2, 0.25) is 5.91 Å². The van der Waals surface area contributed by atoms with Gasteiger partial charge in [-0.3, -0.25) is 4.79 Å². The maximum absolute atomic E-state index is 13.0. The van der Waals surface area contributed by atoms with E-state index in [9.17, 15) is 18.7 Å². The zero-order valence-electron chi connectivity index (χ0n) is 17.5. The molecule has 174 valence electrons. The SMILES string of the molecule is NC(=O)c1ccc(-c2ccc3nc4c(n3n2)[C@@H](c2ccccc2OC(F)F)NC[C@H]4O)cc1Cl. The maximum atomic E-state index is 13.0. The number of β-amino-alcohol motifs (C(OH)–C–C–N with tert-alkyl or cyclic N) is 1. The lowest BCUT2D eigenvalue weighted by molar-refractivity contribution is -0.0507. The number of aliphatic hydroxyl groups excluding tert-OH is 1. The van der Waals surface area contributed by atoms with Crippen LogP contribution in [0.5, 0.6) is 5.75 Å². The Hall–Kier alpha value is -3.60. The highest BCUT2D eigenvalue weighted by atomic mass is 35.5. The molecular weight excluding hydrogens is 468 g/mol. The number of hydrogen-bond donors (Lipinski definition) is 3. The van der Waals surface area contributed by atoms with Crippen LogP contribution >= 0.6 is 11.6 Å². The minimum Gasteiger partial charge on any atom is -0.434 e. The number of ether oxygens (including phenoxy) is 1. The number of imidazole rings is 1. The number of halogens is 3. The molecule has 4 aromatic rings. The van der Waals surface area contributed by atoms with Crippen molar-refractivity contribution in [2.75, 3.05) is 6.54 Å². The van der Waals surface area contributed by atoms with Crippen LogP contribution in [-0.4, -0.2) is 38.8 Å². The molecule has 8 nitrogen and oxygen atoms in total. The third kappa shape index (κ3) is 3.85. The zero-order chi connectivity index (χ0) is 24.0. The average molecular weight is 486 g/mol. The number of hydrogen-bond acceptors (Lipinski definition) is 6. The van der Waals surface area contributed by atoms with Gasteiger partial charge in [-0.05, 0) is 30.3 Å². The number of rotatable bonds is 5. The fourth-order valence-electron chi connectivity index (χ4n) is 4.11. The van der Waals surface area contributed by atoms with Gasteiger partial charge in [0, 0.05) is 17.7 Å². The van der Waals surface area contributed by atoms with E-state index >= 15 is 0 Å². The van der Waals surface area contributed by atoms with Crippen molar-refractivity contribution in [3.8, 4) is 17.0 Å². The maximum Gasteiger partial charge on any atom is 0.387 e. The van der Waals surface area contributed by atoms with Crippen molar-refractivity contribution in [1.82, 2.24) is 19.9 Å². The molecule has 0 saturated heterocycles. The molecule has 4 N–H and O–H groups in total. The van der Waals surface area contributed by atoms with Gasteiger partial charge in [-0.1, -0.05) is 35.9 Å². The number of benzene rings is 2. The van der Waals surface area contributed by atoms with Crippen LogP contribution in [0.3, 0.4) is 0 Å². The lowest BCUT2D eigenvalue weighted by Gasteiger charge is -2.28. The van der Waals surface area contributed by atoms with E-state index in [4.69, 9.17) is 22.1 Å². The molecule has 5 rings (SSSR count). The summed E-state index contributed by atoms with van der Waals surface area (Å²) in [6.07, 6.45) is -0.913. The van der Waals surface area contributed by atoms with Crippen molar-refractivity contribution < 1.29 is 23.4 Å². The summed E-state index contributed by atoms with van der Waals surface area (Å²) >= 11 is 6.20. The van der Waals surface area contributed by atoms with Crippen LogP contribution in [-0.2, 0) is 0 Å². The summed E-state index contributed by atoms with van der Waals surface area (Å²) in [5, 5.41) is 18.6. The third-order valence-electron chi connectivity index (χ3n) is 5.62. The quantitative estimate of drug-likeness (QED) is 0.399. The first-order valence-electron chi connectivity index (χ1n) is 10.3. The summed E-state index contributed by atoms with van der Waals surface area (Å²) in [7, 11) is 0. The number of carbonyl (C=O) groups is 1. The molecule has 0 spiro atoms. The monoisotopic (exact) mass is 485 g/mol. The summed E-state index contributed by atoms with van der Waals surface area (Å²) in [4.78, 5) is 16.0. The van der Waals surface area contributed by atoms with Crippen LogP contribution in [0.15, 0.2) is 54.6 Å². The summed E-state index contributed by atoms with van der Waals surface area (Å²) in [6.45, 7) is -2.82. The Balaban J connectivity index is 1.66. The van der Waals surface area contributed by atoms with Gasteiger partial charge in [0.15, 0.2) is 5.65 Å². The highest BCUT2D eigenvalue weighted by Crippen LogP contribution is 2.37. The van der Waals surface area contributed by atoms with Crippen LogP contribution in [0.25, 0.3) is 16.9 Å². The molecule has 1 amide bonds. The number of alkyl halides is 2. The number of nitrogens with two attached hydrogens (primary N) is 1. The van der Waals surface area contributed by atoms with E-state index in [-0.39, 0.29) is 22.9 Å². The second-order valence-electron chi connectivity index (χ2n) is 7.70. The molecule has 0 aliphatic carbocycles. The Morgan fingerprint density at radius 2 is 2.03 bits per heavy atom. The first kappa shape index (κ1) is 22.2. The van der Waals surface area contributed by atoms with Gasteiger partial charge in [-0.25, -0.2) is 9.50 Å². The lowest BCUT2D eigenvalue weighted by atomic mass is 9.96. The molecule has 2 aromatic carbocycles. The van der Waals surface area contributed by atoms with Crippen molar-refractivity contribution in [1.29, 1.82) is 0 Å². The molecule has 2 aromatic heterocycles. The van der Waals surface area contributed by atoms with Crippen molar-refractivity contribution >= 4 is 23.2 Å². The number of nitrogens with zero attached hydrogens (tertiary/aromatic N) is 3. The van der Waals surface area contributed by atoms with Crippen LogP contribution < -0.4 is 15.8 Å². The number of aliphatic hydroxyl groups is 1. The van der Waals surface area contributed by atoms with E-state index in [0.29, 0.717) is 33.9 Å². The normalized spacial score (nSPS) is 17.7. The Bertz CT molecular complexity index is 1410. The van der Waals surface area contributed by atoms with E-state index in [1.165, 1.54) is 12.1 Å². The Morgan fingerprint density at radius 1 is 1.24 bits per heavy atom. The van der Waals surface area contributed by atoms with Gasteiger partial charge in [0.25, 0.3) is 0 Å². The van der Waals surface area contributed by atoms with E-state index < -0.39 is 24.7 Å². The molecule has 3 heterocycles. The first-order chi connectivity index (χ1) is 16.3. The molecule has 2 atom stereocenters. The highest BCUT2D eigenvalue weighted by molar-refractivity contribution is 6.34. The highest BCUT2D eigenvalue weighted by Gasteiger charge is 2.34. The predicted octanol–water partition coefficient (Wildman–Crippen LogP) is 3.48. The fourth-order valence-corrected chi connectivity index (χ4v) is 4.39. The second-order valence-corrected chi connectivity index (χ2v) is 8.11. The minimum absolute atomic E-state index is 0.0114. The van der Waals surface area contributed by atoms with Crippen LogP contribution in [0.4, 0.5) is 8.78 Å². The molecule has 0 radical (unpaired) electrons. The number of para-hydroxylation sites is 1. The topological polar surface area (TPSA) is 115 Å². The van der Waals surface area contributed by atoms with Crippen LogP contribution in [0.1, 0.15) is 39.5 Å². The lowest BCUT2D eigenvalue weighted by Crippen LogP contribution is -2.35. The molecule has 0 fully saturated rings. The van der Waals surface area contributed by atoms with Crippen molar-refractivity contribution in [3.05, 3.63) is 82.1 Å². The van der Waals surface area contributed by atoms with Gasteiger partial charge >= 0.3 is 6.61 Å². The molecule has 1 aliphatic heterocycles. The van der Waals surface area contributed by atoms with E-state index in [1.807, 2.05) is 0 Å². The second kappa shape index (κ2) is 8.64. The molecule has 34 heavy (non-hydrogen) atoms. The molecule has 1 aliphatic rings. The largest absolute Gasteiger partial charge is 0.434 e. The van der Waals surface area contributed by atoms with Gasteiger partial charge in [-0.2, -0.15) is 13.9 Å². The smallest absolute Gasteiger partial charge is 0.387 e. The fraction of sp³-hybridized carbons (Fsp3) is 0.174. The Labute approximate surface area is 196 Å². The molecule has 0 unspecified atom stereocenters. The average Bonchev–Trinajstić information content (AvgIpc) is 3.19. The van der Waals surface area contributed by atoms with Gasteiger partial charge < -0.3 is 20.9 Å². The third-order valence-corrected chi connectivity index (χ3v) is 5.93. The van der Waals surface area contributed by atoms with Crippen molar-refractivity contribution in [2.45, 2.75) is 18.8 Å². The Kier molecular flexibility index (Phi) is 5.64. The van der Waals surface area contributed by atoms with E-state index in [0.717, 1.165) is 0 Å². The number of nitrogens with one attached hydrogen (secondary N) is 1. The van der Waals surface area contributed by atoms with E-state index in [2.05, 4.69) is 15.4 Å².